The normalized spacial score (nSPS) is 20.2. The predicted octanol–water partition coefficient (Wildman–Crippen LogP) is 16.7. The maximum absolute atomic E-state index is 10.6. The van der Waals surface area contributed by atoms with Crippen LogP contribution in [0.4, 0.5) is 0 Å². The summed E-state index contributed by atoms with van der Waals surface area (Å²) in [6, 6.07) is 7.74. The summed E-state index contributed by atoms with van der Waals surface area (Å²) in [6.45, 7) is 33.4. The molecule has 0 amide bonds. The van der Waals surface area contributed by atoms with Gasteiger partial charge in [0.25, 0.3) is 14.1 Å². The second-order valence-electron chi connectivity index (χ2n) is 20.1. The molecule has 3 aliphatic rings. The third-order valence-corrected chi connectivity index (χ3v) is 17.3. The van der Waals surface area contributed by atoms with Gasteiger partial charge in [-0.2, -0.15) is 0 Å². The number of ether oxygens (including phenoxy) is 1. The minimum atomic E-state index is -0.407. The van der Waals surface area contributed by atoms with Crippen molar-refractivity contribution in [3.8, 4) is 23.0 Å². The van der Waals surface area contributed by atoms with E-state index in [2.05, 4.69) is 108 Å². The molecule has 2 aromatic carbocycles. The van der Waals surface area contributed by atoms with Crippen molar-refractivity contribution in [3.05, 3.63) is 82.0 Å². The van der Waals surface area contributed by atoms with E-state index in [1.54, 1.807) is 15.8 Å². The second-order valence-corrected chi connectivity index (χ2v) is 24.0. The van der Waals surface area contributed by atoms with Crippen LogP contribution in [0.2, 0.25) is 15.8 Å². The number of hydrogen-bond donors (Lipinski definition) is 3. The second kappa shape index (κ2) is 26.6. The number of phenols is 3. The molecule has 7 heteroatoms. The Morgan fingerprint density at radius 1 is 0.733 bits per heavy atom. The van der Waals surface area contributed by atoms with Crippen LogP contribution in [0.3, 0.4) is 0 Å². The number of hydrogen-bond acceptors (Lipinski definition) is 4. The van der Waals surface area contributed by atoms with E-state index < -0.39 is 14.1 Å². The fraction of sp³-hybridized carbons (Fsp3) is 0.660. The van der Waals surface area contributed by atoms with Crippen molar-refractivity contribution in [1.82, 2.24) is 0 Å². The number of aryl methyl sites for hydroxylation is 2. The first-order chi connectivity index (χ1) is 28.2. The van der Waals surface area contributed by atoms with E-state index in [0.29, 0.717) is 17.2 Å². The van der Waals surface area contributed by atoms with E-state index in [1.807, 2.05) is 25.1 Å². The Kier molecular flexibility index (Phi) is 24.0. The molecular weight excluding hydrogens is 798 g/mol. The molecular formula is C53H85AlCl2O4. The van der Waals surface area contributed by atoms with Crippen molar-refractivity contribution < 1.29 is 20.1 Å². The number of aromatic hydroxyl groups is 3. The van der Waals surface area contributed by atoms with E-state index in [1.165, 1.54) is 16.7 Å². The number of unbranched alkanes of at least 4 members (excludes halogenated alkanes) is 2. The molecule has 2 aliphatic carbocycles. The number of rotatable bonds is 14. The van der Waals surface area contributed by atoms with Crippen molar-refractivity contribution in [2.75, 3.05) is 5.34 Å². The molecule has 0 spiro atoms. The largest absolute Gasteiger partial charge is 0.507 e. The molecule has 60 heavy (non-hydrogen) atoms. The Morgan fingerprint density at radius 2 is 1.15 bits per heavy atom. The summed E-state index contributed by atoms with van der Waals surface area (Å²) in [5.74, 6) is 5.54. The van der Waals surface area contributed by atoms with Gasteiger partial charge in [-0.1, -0.05) is 137 Å². The van der Waals surface area contributed by atoms with Crippen LogP contribution in [0, 0.1) is 29.6 Å². The fourth-order valence-corrected chi connectivity index (χ4v) is 14.4. The summed E-state index contributed by atoms with van der Waals surface area (Å²) >= 11 is 9.12. The van der Waals surface area contributed by atoms with Gasteiger partial charge in [-0.05, 0) is 127 Å². The van der Waals surface area contributed by atoms with Gasteiger partial charge in [0.1, 0.15) is 28.6 Å². The molecule has 0 aromatic heterocycles. The van der Waals surface area contributed by atoms with Gasteiger partial charge in [-0.25, -0.2) is 0 Å². The van der Waals surface area contributed by atoms with Crippen LogP contribution in [0.1, 0.15) is 175 Å². The molecule has 1 heterocycles. The van der Waals surface area contributed by atoms with Crippen molar-refractivity contribution in [1.29, 1.82) is 0 Å². The van der Waals surface area contributed by atoms with Crippen molar-refractivity contribution in [2.45, 2.75) is 188 Å². The minimum absolute atomic E-state index is 0.0199. The molecule has 2 aromatic rings. The van der Waals surface area contributed by atoms with Gasteiger partial charge in [0.15, 0.2) is 0 Å². The molecule has 338 valence electrons. The molecule has 4 atom stereocenters. The summed E-state index contributed by atoms with van der Waals surface area (Å²) in [5, 5.41) is 36.5. The van der Waals surface area contributed by atoms with Gasteiger partial charge < -0.3 is 20.1 Å². The van der Waals surface area contributed by atoms with Gasteiger partial charge >= 0.3 is 0 Å². The smallest absolute Gasteiger partial charge is 0.262 e. The lowest BCUT2D eigenvalue weighted by atomic mass is 9.68. The maximum Gasteiger partial charge on any atom is 0.262 e. The number of fused-ring (bicyclic) bond motifs is 3. The number of halogens is 2. The molecule has 0 saturated carbocycles. The lowest BCUT2D eigenvalue weighted by Gasteiger charge is -2.46. The first-order valence-electron chi connectivity index (χ1n) is 23.4. The average molecular weight is 884 g/mol. The Hall–Kier alpha value is -2.03. The van der Waals surface area contributed by atoms with Crippen LogP contribution in [-0.2, 0) is 12.8 Å². The highest BCUT2D eigenvalue weighted by atomic mass is 35.5. The summed E-state index contributed by atoms with van der Waals surface area (Å²) in [5.41, 5.74) is 7.53. The summed E-state index contributed by atoms with van der Waals surface area (Å²) in [4.78, 5) is 0. The van der Waals surface area contributed by atoms with Crippen LogP contribution in [0.5, 0.6) is 23.0 Å². The first kappa shape index (κ1) is 54.1. The van der Waals surface area contributed by atoms with Gasteiger partial charge in [0, 0.05) is 28.9 Å². The molecule has 1 aliphatic heterocycles. The number of phenolic OH excluding ortho intramolecular Hbond substituents is 3. The third kappa shape index (κ3) is 17.3. The lowest BCUT2D eigenvalue weighted by molar-refractivity contribution is 0.0107. The SMILES string of the molecule is C=C(C)[C@H]1CCC(C)=C[C@@H]1c1c(O)cc(CCCC)cc1O.CC(C)[CH2][Al]([CH2]C(C)C)[CH2]C(C)C.CCCCc1cc(O)c2c(c1)OC(C)(C)[C@H]1CCC(C)=C[C@H]21.ClCCl. The van der Waals surface area contributed by atoms with E-state index in [-0.39, 0.29) is 40.2 Å². The molecule has 0 fully saturated rings. The summed E-state index contributed by atoms with van der Waals surface area (Å²) in [6.07, 6.45) is 15.3. The standard InChI is InChI=1S/2C20H28O2.3C4H9.CH2Cl2.Al/c1-5-6-7-14-11-17(21)19-15-10-13(2)8-9-16(15)20(3,4)22-18(19)12-14;1-5-6-7-15-11-18(21)20(19(22)12-15)17-10-14(4)8-9-16(17)13(2)3;3*1-4(2)3;2-1-3;/h10-12,15-16,21H,5-9H2,1-4H3;10-12,16-17,21-22H,2,5-9H2,1,3-4H3;3*4H,1H2,2-3H3;1H2;/t15-,16-;16-,17+;;;;;/m01...../s1. The Morgan fingerprint density at radius 3 is 1.58 bits per heavy atom. The van der Waals surface area contributed by atoms with Crippen LogP contribution in [-0.4, -0.2) is 40.4 Å². The van der Waals surface area contributed by atoms with Gasteiger partial charge in [-0.15, -0.1) is 23.2 Å². The minimum Gasteiger partial charge on any atom is -0.507 e. The van der Waals surface area contributed by atoms with Crippen molar-refractivity contribution >= 4 is 37.4 Å². The van der Waals surface area contributed by atoms with Gasteiger partial charge in [0.2, 0.25) is 0 Å². The van der Waals surface area contributed by atoms with Crippen LogP contribution in [0.25, 0.3) is 0 Å². The summed E-state index contributed by atoms with van der Waals surface area (Å²) < 4.78 is 6.34. The molecule has 3 N–H and O–H groups in total. The number of benzene rings is 2. The zero-order chi connectivity index (χ0) is 45.3. The molecule has 0 bridgehead atoms. The number of allylic oxidation sites excluding steroid dienone is 5. The molecule has 4 nitrogen and oxygen atoms in total. The summed E-state index contributed by atoms with van der Waals surface area (Å²) in [7, 11) is 0. The van der Waals surface area contributed by atoms with E-state index in [0.717, 1.165) is 104 Å². The van der Waals surface area contributed by atoms with Crippen molar-refractivity contribution in [3.63, 3.8) is 0 Å². The topological polar surface area (TPSA) is 69.9 Å². The van der Waals surface area contributed by atoms with Gasteiger partial charge in [0.05, 0.1) is 5.34 Å². The molecule has 0 unspecified atom stereocenters. The predicted molar refractivity (Wildman–Crippen MR) is 264 cm³/mol. The quantitative estimate of drug-likeness (QED) is 0.100. The highest BCUT2D eigenvalue weighted by Crippen LogP contribution is 2.53. The molecule has 0 radical (unpaired) electrons. The molecule has 0 saturated heterocycles. The monoisotopic (exact) mass is 883 g/mol. The Bertz CT molecular complexity index is 1630. The highest BCUT2D eigenvalue weighted by molar-refractivity contribution is 6.58. The highest BCUT2D eigenvalue weighted by Gasteiger charge is 2.45. The first-order valence-corrected chi connectivity index (χ1v) is 26.9. The fourth-order valence-electron chi connectivity index (χ4n) is 9.85. The van der Waals surface area contributed by atoms with Crippen LogP contribution < -0.4 is 4.74 Å². The Labute approximate surface area is 382 Å². The van der Waals surface area contributed by atoms with E-state index >= 15 is 0 Å². The van der Waals surface area contributed by atoms with Gasteiger partial charge in [-0.3, -0.25) is 0 Å². The van der Waals surface area contributed by atoms with Crippen molar-refractivity contribution in [2.24, 2.45) is 29.6 Å². The Balaban J connectivity index is 0.000000311. The van der Waals surface area contributed by atoms with E-state index in [9.17, 15) is 15.3 Å². The lowest BCUT2D eigenvalue weighted by Crippen LogP contribution is -2.45. The van der Waals surface area contributed by atoms with Crippen LogP contribution >= 0.6 is 23.2 Å². The molecule has 5 rings (SSSR count). The van der Waals surface area contributed by atoms with E-state index in [4.69, 9.17) is 27.9 Å². The zero-order valence-corrected chi connectivity index (χ0v) is 42.9. The van der Waals surface area contributed by atoms with Crippen LogP contribution in [0.15, 0.2) is 59.7 Å². The third-order valence-electron chi connectivity index (χ3n) is 12.5. The zero-order valence-electron chi connectivity index (χ0n) is 40.2. The average Bonchev–Trinajstić information content (AvgIpc) is 3.12. The number of alkyl halides is 2. The maximum atomic E-state index is 10.6.